The summed E-state index contributed by atoms with van der Waals surface area (Å²) < 4.78 is 7.02. The third kappa shape index (κ3) is 3.51. The van der Waals surface area contributed by atoms with Crippen LogP contribution < -0.4 is 0 Å². The van der Waals surface area contributed by atoms with Gasteiger partial charge in [-0.3, -0.25) is 0 Å². The van der Waals surface area contributed by atoms with E-state index in [-0.39, 0.29) is 0 Å². The Morgan fingerprint density at radius 1 is 0.362 bits per heavy atom. The maximum absolute atomic E-state index is 10.6. The molecule has 3 heterocycles. The molecule has 0 saturated heterocycles. The van der Waals surface area contributed by atoms with E-state index < -0.39 is 0 Å². The van der Waals surface area contributed by atoms with Crippen LogP contribution in [0.3, 0.4) is 0 Å². The molecule has 47 heavy (non-hydrogen) atoms. The van der Waals surface area contributed by atoms with Crippen LogP contribution in [0.2, 0.25) is 0 Å². The van der Waals surface area contributed by atoms with E-state index >= 15 is 0 Å². The zero-order valence-corrected chi connectivity index (χ0v) is 25.3. The predicted molar refractivity (Wildman–Crippen MR) is 194 cm³/mol. The third-order valence-electron chi connectivity index (χ3n) is 9.63. The molecule has 0 atom stereocenters. The Hall–Kier alpha value is -6.57. The number of aromatic nitrogens is 3. The fourth-order valence-corrected chi connectivity index (χ4v) is 7.76. The van der Waals surface area contributed by atoms with Crippen molar-refractivity contribution in [1.82, 2.24) is 13.7 Å². The van der Waals surface area contributed by atoms with Crippen molar-refractivity contribution >= 4 is 65.4 Å². The highest BCUT2D eigenvalue weighted by molar-refractivity contribution is 6.27. The van der Waals surface area contributed by atoms with Gasteiger partial charge in [-0.15, -0.1) is 0 Å². The molecule has 4 heteroatoms. The lowest BCUT2D eigenvalue weighted by Gasteiger charge is -2.12. The molecular formula is C43H26N4. The van der Waals surface area contributed by atoms with Crippen molar-refractivity contribution in [2.45, 2.75) is 0 Å². The zero-order valence-electron chi connectivity index (χ0n) is 25.3. The average Bonchev–Trinajstić information content (AvgIpc) is 3.77. The van der Waals surface area contributed by atoms with Gasteiger partial charge in [-0.05, 0) is 60.7 Å². The van der Waals surface area contributed by atoms with Gasteiger partial charge in [-0.25, -0.2) is 0 Å². The molecule has 4 nitrogen and oxygen atoms in total. The summed E-state index contributed by atoms with van der Waals surface area (Å²) in [6, 6.07) is 58.2. The molecule has 0 spiro atoms. The Kier molecular flexibility index (Phi) is 5.32. The van der Waals surface area contributed by atoms with E-state index in [1.807, 2.05) is 6.07 Å². The van der Waals surface area contributed by atoms with E-state index in [9.17, 15) is 5.26 Å². The highest BCUT2D eigenvalue weighted by Gasteiger charge is 2.24. The van der Waals surface area contributed by atoms with E-state index in [0.29, 0.717) is 5.56 Å². The molecule has 0 aliphatic rings. The minimum atomic E-state index is 0.662. The van der Waals surface area contributed by atoms with Crippen molar-refractivity contribution in [3.05, 3.63) is 163 Å². The zero-order chi connectivity index (χ0) is 31.1. The van der Waals surface area contributed by atoms with Crippen LogP contribution in [0.4, 0.5) is 0 Å². The average molecular weight is 599 g/mol. The van der Waals surface area contributed by atoms with Crippen molar-refractivity contribution in [2.75, 3.05) is 0 Å². The van der Waals surface area contributed by atoms with Crippen molar-refractivity contribution in [3.63, 3.8) is 0 Å². The summed E-state index contributed by atoms with van der Waals surface area (Å²) in [5, 5.41) is 17.5. The number of nitrogens with zero attached hydrogens (tertiary/aromatic N) is 4. The van der Waals surface area contributed by atoms with Crippen LogP contribution in [0.15, 0.2) is 158 Å². The minimum absolute atomic E-state index is 0.662. The highest BCUT2D eigenvalue weighted by atomic mass is 15.0. The molecule has 0 aliphatic heterocycles. The lowest BCUT2D eigenvalue weighted by Crippen LogP contribution is -1.98. The molecule has 10 aromatic rings. The van der Waals surface area contributed by atoms with E-state index in [0.717, 1.165) is 66.2 Å². The molecule has 3 aromatic heterocycles. The molecule has 218 valence electrons. The second-order valence-electron chi connectivity index (χ2n) is 12.1. The van der Waals surface area contributed by atoms with Crippen molar-refractivity contribution < 1.29 is 0 Å². The number of rotatable bonds is 3. The van der Waals surface area contributed by atoms with Gasteiger partial charge in [0.05, 0.1) is 38.7 Å². The molecule has 10 rings (SSSR count). The third-order valence-corrected chi connectivity index (χ3v) is 9.63. The number of hydrogen-bond donors (Lipinski definition) is 0. The number of para-hydroxylation sites is 5. The molecule has 0 aliphatic carbocycles. The molecule has 7 aromatic carbocycles. The molecule has 0 N–H and O–H groups in total. The van der Waals surface area contributed by atoms with Crippen LogP contribution in [0, 0.1) is 11.3 Å². The van der Waals surface area contributed by atoms with E-state index in [1.165, 1.54) is 16.3 Å². The first-order valence-corrected chi connectivity index (χ1v) is 15.9. The Balaban J connectivity index is 1.41. The maximum atomic E-state index is 10.6. The summed E-state index contributed by atoms with van der Waals surface area (Å²) in [6.45, 7) is 0. The molecule has 0 amide bonds. The number of fused-ring (bicyclic) bond motifs is 10. The maximum Gasteiger partial charge on any atom is 0.101 e. The van der Waals surface area contributed by atoms with Gasteiger partial charge in [0.25, 0.3) is 0 Å². The summed E-state index contributed by atoms with van der Waals surface area (Å²) in [7, 11) is 0. The minimum Gasteiger partial charge on any atom is -0.309 e. The predicted octanol–water partition coefficient (Wildman–Crippen LogP) is 10.8. The molecule has 0 radical (unpaired) electrons. The van der Waals surface area contributed by atoms with Gasteiger partial charge >= 0.3 is 0 Å². The monoisotopic (exact) mass is 598 g/mol. The Labute approximate surface area is 270 Å². The van der Waals surface area contributed by atoms with Crippen molar-refractivity contribution in [3.8, 4) is 23.1 Å². The summed E-state index contributed by atoms with van der Waals surface area (Å²) in [5.74, 6) is 0. The van der Waals surface area contributed by atoms with Crippen molar-refractivity contribution in [2.24, 2.45) is 0 Å². The normalized spacial score (nSPS) is 11.8. The molecule has 0 saturated carbocycles. The first-order valence-electron chi connectivity index (χ1n) is 15.9. The lowest BCUT2D eigenvalue weighted by molar-refractivity contribution is 1.16. The molecular weight excluding hydrogens is 573 g/mol. The summed E-state index contributed by atoms with van der Waals surface area (Å²) >= 11 is 0. The van der Waals surface area contributed by atoms with Gasteiger partial charge < -0.3 is 13.7 Å². The first kappa shape index (κ1) is 25.7. The van der Waals surface area contributed by atoms with Gasteiger partial charge in [0.1, 0.15) is 6.07 Å². The largest absolute Gasteiger partial charge is 0.309 e. The first-order chi connectivity index (χ1) is 23.3. The SMILES string of the molecule is N#Cc1cc2c3ccccc3n(-c3ccc4c5ccccc5n(-c5ccccc5)c4c3)c2c2c3ccccc3n(-c3ccccc3)c12. The molecule has 0 bridgehead atoms. The Bertz CT molecular complexity index is 2900. The van der Waals surface area contributed by atoms with Crippen LogP contribution in [0.25, 0.3) is 82.5 Å². The highest BCUT2D eigenvalue weighted by Crippen LogP contribution is 2.44. The summed E-state index contributed by atoms with van der Waals surface area (Å²) in [5.41, 5.74) is 10.4. The molecule has 0 unspecified atom stereocenters. The van der Waals surface area contributed by atoms with E-state index in [1.54, 1.807) is 0 Å². The number of nitriles is 1. The van der Waals surface area contributed by atoms with Crippen LogP contribution in [0.5, 0.6) is 0 Å². The quantitative estimate of drug-likeness (QED) is 0.199. The van der Waals surface area contributed by atoms with E-state index in [2.05, 4.69) is 171 Å². The van der Waals surface area contributed by atoms with Gasteiger partial charge in [0.15, 0.2) is 0 Å². The summed E-state index contributed by atoms with van der Waals surface area (Å²) in [6.07, 6.45) is 0. The van der Waals surface area contributed by atoms with Crippen LogP contribution in [-0.2, 0) is 0 Å². The van der Waals surface area contributed by atoms with E-state index in [4.69, 9.17) is 0 Å². The lowest BCUT2D eigenvalue weighted by atomic mass is 10.0. The number of hydrogen-bond acceptors (Lipinski definition) is 1. The van der Waals surface area contributed by atoms with Gasteiger partial charge in [0, 0.05) is 49.4 Å². The van der Waals surface area contributed by atoms with Crippen molar-refractivity contribution in [1.29, 1.82) is 5.26 Å². The number of benzene rings is 7. The second-order valence-corrected chi connectivity index (χ2v) is 12.1. The van der Waals surface area contributed by atoms with Gasteiger partial charge in [-0.1, -0.05) is 97.1 Å². The Morgan fingerprint density at radius 2 is 0.851 bits per heavy atom. The van der Waals surface area contributed by atoms with Gasteiger partial charge in [-0.2, -0.15) is 5.26 Å². The standard InChI is InChI=1S/C43H26N4/c44-27-28-25-36-33-18-8-11-21-38(33)47(43(36)41-35-19-9-12-22-39(35)46(42(28)41)30-15-5-2-6-16-30)31-23-24-34-32-17-7-10-20-37(32)45(40(34)26-31)29-13-3-1-4-14-29/h1-26H. The van der Waals surface area contributed by atoms with Crippen LogP contribution in [0.1, 0.15) is 5.56 Å². The second kappa shape index (κ2) is 9.71. The smallest absolute Gasteiger partial charge is 0.101 e. The molecule has 0 fully saturated rings. The van der Waals surface area contributed by atoms with Gasteiger partial charge in [0.2, 0.25) is 0 Å². The van der Waals surface area contributed by atoms with Crippen LogP contribution >= 0.6 is 0 Å². The fourth-order valence-electron chi connectivity index (χ4n) is 7.76. The fraction of sp³-hybridized carbons (Fsp3) is 0. The Morgan fingerprint density at radius 3 is 1.51 bits per heavy atom. The summed E-state index contributed by atoms with van der Waals surface area (Å²) in [4.78, 5) is 0. The topological polar surface area (TPSA) is 38.6 Å². The van der Waals surface area contributed by atoms with Crippen LogP contribution in [-0.4, -0.2) is 13.7 Å².